The third-order valence-electron chi connectivity index (χ3n) is 2.78. The number of rotatable bonds is 7. The Labute approximate surface area is 113 Å². The second-order valence-electron chi connectivity index (χ2n) is 4.10. The highest BCUT2D eigenvalue weighted by Crippen LogP contribution is 2.19. The number of ether oxygens (including phenoxy) is 2. The van der Waals surface area contributed by atoms with E-state index in [9.17, 15) is 0 Å². The molecule has 1 heterocycles. The Morgan fingerprint density at radius 1 is 1.32 bits per heavy atom. The van der Waals surface area contributed by atoms with E-state index in [-0.39, 0.29) is 0 Å². The van der Waals surface area contributed by atoms with E-state index in [0.717, 1.165) is 37.0 Å². The maximum absolute atomic E-state index is 5.24. The van der Waals surface area contributed by atoms with Crippen LogP contribution >= 0.6 is 0 Å². The third-order valence-corrected chi connectivity index (χ3v) is 2.78. The van der Waals surface area contributed by atoms with Crippen LogP contribution in [0.3, 0.4) is 0 Å². The first-order chi connectivity index (χ1) is 9.35. The molecule has 0 aliphatic rings. The Hall–Kier alpha value is -2.01. The van der Waals surface area contributed by atoms with Gasteiger partial charge in [0.2, 0.25) is 5.95 Å². The summed E-state index contributed by atoms with van der Waals surface area (Å²) in [5, 5.41) is 3.30. The van der Waals surface area contributed by atoms with Gasteiger partial charge in [0.15, 0.2) is 0 Å². The van der Waals surface area contributed by atoms with Crippen molar-refractivity contribution < 1.29 is 9.47 Å². The van der Waals surface area contributed by atoms with Crippen LogP contribution in [0.1, 0.15) is 6.42 Å². The van der Waals surface area contributed by atoms with Gasteiger partial charge in [0.05, 0.1) is 12.8 Å². The van der Waals surface area contributed by atoms with E-state index in [1.807, 2.05) is 35.0 Å². The van der Waals surface area contributed by atoms with E-state index in [2.05, 4.69) is 10.3 Å². The number of hydrogen-bond acceptors (Lipinski definition) is 4. The molecular formula is C14H19N3O2. The Bertz CT molecular complexity index is 511. The highest BCUT2D eigenvalue weighted by atomic mass is 16.5. The molecule has 5 nitrogen and oxygen atoms in total. The summed E-state index contributed by atoms with van der Waals surface area (Å²) in [4.78, 5) is 4.32. The molecule has 0 aliphatic carbocycles. The molecule has 5 heteroatoms. The first-order valence-electron chi connectivity index (χ1n) is 6.25. The summed E-state index contributed by atoms with van der Waals surface area (Å²) < 4.78 is 12.3. The predicted octanol–water partition coefficient (Wildman–Crippen LogP) is 2.33. The molecule has 0 radical (unpaired) electrons. The van der Waals surface area contributed by atoms with Gasteiger partial charge in [0.1, 0.15) is 5.75 Å². The summed E-state index contributed by atoms with van der Waals surface area (Å²) in [6.07, 6.45) is 4.65. The van der Waals surface area contributed by atoms with E-state index in [1.54, 1.807) is 20.4 Å². The van der Waals surface area contributed by atoms with Crippen molar-refractivity contribution in [2.75, 3.05) is 32.7 Å². The lowest BCUT2D eigenvalue weighted by Crippen LogP contribution is -2.09. The van der Waals surface area contributed by atoms with Crippen molar-refractivity contribution in [3.63, 3.8) is 0 Å². The molecule has 102 valence electrons. The number of methoxy groups -OCH3 is 2. The molecule has 0 fully saturated rings. The summed E-state index contributed by atoms with van der Waals surface area (Å²) in [7, 11) is 3.37. The molecule has 0 bridgehead atoms. The highest BCUT2D eigenvalue weighted by Gasteiger charge is 2.05. The molecule has 1 aromatic heterocycles. The molecule has 2 aromatic rings. The minimum atomic E-state index is 0.743. The number of anilines is 1. The predicted molar refractivity (Wildman–Crippen MR) is 75.1 cm³/mol. The zero-order valence-corrected chi connectivity index (χ0v) is 11.3. The van der Waals surface area contributed by atoms with Crippen molar-refractivity contribution in [2.24, 2.45) is 0 Å². The van der Waals surface area contributed by atoms with Crippen LogP contribution in [0, 0.1) is 0 Å². The quantitative estimate of drug-likeness (QED) is 0.777. The second-order valence-corrected chi connectivity index (χ2v) is 4.10. The topological polar surface area (TPSA) is 48.3 Å². The first kappa shape index (κ1) is 13.4. The van der Waals surface area contributed by atoms with E-state index in [1.165, 1.54) is 0 Å². The number of nitrogens with one attached hydrogen (secondary N) is 1. The van der Waals surface area contributed by atoms with Gasteiger partial charge in [0, 0.05) is 38.7 Å². The maximum atomic E-state index is 5.24. The molecule has 1 aromatic carbocycles. The summed E-state index contributed by atoms with van der Waals surface area (Å²) in [5.41, 5.74) is 1.02. The van der Waals surface area contributed by atoms with Gasteiger partial charge in [0.25, 0.3) is 0 Å². The number of benzene rings is 1. The zero-order valence-electron chi connectivity index (χ0n) is 11.3. The summed E-state index contributed by atoms with van der Waals surface area (Å²) >= 11 is 0. The molecule has 2 rings (SSSR count). The minimum Gasteiger partial charge on any atom is -0.497 e. The van der Waals surface area contributed by atoms with Crippen molar-refractivity contribution in [1.29, 1.82) is 0 Å². The van der Waals surface area contributed by atoms with Crippen LogP contribution in [0.25, 0.3) is 5.69 Å². The molecule has 0 unspecified atom stereocenters. The van der Waals surface area contributed by atoms with Crippen LogP contribution in [0.4, 0.5) is 5.95 Å². The Morgan fingerprint density at radius 3 is 3.00 bits per heavy atom. The monoisotopic (exact) mass is 261 g/mol. The van der Waals surface area contributed by atoms with Crippen molar-refractivity contribution >= 4 is 5.95 Å². The summed E-state index contributed by atoms with van der Waals surface area (Å²) in [5.74, 6) is 1.65. The fourth-order valence-electron chi connectivity index (χ4n) is 1.82. The first-order valence-corrected chi connectivity index (χ1v) is 6.25. The van der Waals surface area contributed by atoms with Gasteiger partial charge in [-0.2, -0.15) is 0 Å². The number of imidazole rings is 1. The molecule has 0 spiro atoms. The van der Waals surface area contributed by atoms with Crippen LogP contribution in [0.5, 0.6) is 5.75 Å². The largest absolute Gasteiger partial charge is 0.497 e. The molecule has 1 N–H and O–H groups in total. The van der Waals surface area contributed by atoms with Crippen molar-refractivity contribution in [2.45, 2.75) is 6.42 Å². The van der Waals surface area contributed by atoms with Gasteiger partial charge >= 0.3 is 0 Å². The Kier molecular flexibility index (Phi) is 4.80. The summed E-state index contributed by atoms with van der Waals surface area (Å²) in [6.45, 7) is 1.57. The van der Waals surface area contributed by atoms with Crippen molar-refractivity contribution in [1.82, 2.24) is 9.55 Å². The van der Waals surface area contributed by atoms with Crippen LogP contribution in [-0.2, 0) is 4.74 Å². The van der Waals surface area contributed by atoms with Gasteiger partial charge in [-0.25, -0.2) is 4.98 Å². The SMILES string of the molecule is COCCCNc1nccn1-c1cccc(OC)c1. The average Bonchev–Trinajstić information content (AvgIpc) is 2.92. The van der Waals surface area contributed by atoms with Gasteiger partial charge in [-0.05, 0) is 18.6 Å². The molecule has 0 amide bonds. The fourth-order valence-corrected chi connectivity index (χ4v) is 1.82. The van der Waals surface area contributed by atoms with E-state index < -0.39 is 0 Å². The van der Waals surface area contributed by atoms with Crippen molar-refractivity contribution in [3.05, 3.63) is 36.7 Å². The molecule has 0 atom stereocenters. The van der Waals surface area contributed by atoms with E-state index in [4.69, 9.17) is 9.47 Å². The molecule has 0 aliphatic heterocycles. The molecular weight excluding hydrogens is 242 g/mol. The maximum Gasteiger partial charge on any atom is 0.207 e. The lowest BCUT2D eigenvalue weighted by molar-refractivity contribution is 0.197. The van der Waals surface area contributed by atoms with E-state index in [0.29, 0.717) is 0 Å². The second kappa shape index (κ2) is 6.80. The standard InChI is InChI=1S/C14H19N3O2/c1-18-10-4-7-15-14-16-8-9-17(14)12-5-3-6-13(11-12)19-2/h3,5-6,8-9,11H,4,7,10H2,1-2H3,(H,15,16). The van der Waals surface area contributed by atoms with Gasteiger partial charge < -0.3 is 14.8 Å². The summed E-state index contributed by atoms with van der Waals surface area (Å²) in [6, 6.07) is 7.88. The third kappa shape index (κ3) is 3.48. The van der Waals surface area contributed by atoms with Crippen LogP contribution in [0.2, 0.25) is 0 Å². The van der Waals surface area contributed by atoms with Crippen molar-refractivity contribution in [3.8, 4) is 11.4 Å². The van der Waals surface area contributed by atoms with Crippen LogP contribution in [0.15, 0.2) is 36.7 Å². The Morgan fingerprint density at radius 2 is 2.21 bits per heavy atom. The van der Waals surface area contributed by atoms with Gasteiger partial charge in [-0.3, -0.25) is 4.57 Å². The Balaban J connectivity index is 2.09. The normalized spacial score (nSPS) is 10.4. The zero-order chi connectivity index (χ0) is 13.5. The minimum absolute atomic E-state index is 0.743. The lowest BCUT2D eigenvalue weighted by Gasteiger charge is -2.10. The molecule has 0 saturated carbocycles. The van der Waals surface area contributed by atoms with Crippen LogP contribution in [-0.4, -0.2) is 36.9 Å². The highest BCUT2D eigenvalue weighted by molar-refractivity contribution is 5.45. The molecule has 0 saturated heterocycles. The fraction of sp³-hybridized carbons (Fsp3) is 0.357. The van der Waals surface area contributed by atoms with Gasteiger partial charge in [-0.1, -0.05) is 6.07 Å². The lowest BCUT2D eigenvalue weighted by atomic mass is 10.3. The number of hydrogen-bond donors (Lipinski definition) is 1. The number of aromatic nitrogens is 2. The van der Waals surface area contributed by atoms with E-state index >= 15 is 0 Å². The van der Waals surface area contributed by atoms with Gasteiger partial charge in [-0.15, -0.1) is 0 Å². The molecule has 19 heavy (non-hydrogen) atoms. The number of nitrogens with zero attached hydrogens (tertiary/aromatic N) is 2. The van der Waals surface area contributed by atoms with Crippen LogP contribution < -0.4 is 10.1 Å². The average molecular weight is 261 g/mol. The smallest absolute Gasteiger partial charge is 0.207 e.